The zero-order valence-electron chi connectivity index (χ0n) is 14.1. The lowest BCUT2D eigenvalue weighted by molar-refractivity contribution is 0.0614. The van der Waals surface area contributed by atoms with Crippen molar-refractivity contribution in [2.45, 2.75) is 51.2 Å². The Morgan fingerprint density at radius 1 is 1.42 bits per heavy atom. The van der Waals surface area contributed by atoms with Crippen molar-refractivity contribution in [1.29, 1.82) is 0 Å². The van der Waals surface area contributed by atoms with E-state index in [0.717, 1.165) is 25.3 Å². The number of aromatic nitrogens is 2. The van der Waals surface area contributed by atoms with Gasteiger partial charge in [0.2, 0.25) is 0 Å². The van der Waals surface area contributed by atoms with Gasteiger partial charge in [-0.3, -0.25) is 9.69 Å². The number of hydrogen-bond acceptors (Lipinski definition) is 4. The summed E-state index contributed by atoms with van der Waals surface area (Å²) in [6.45, 7) is 4.88. The van der Waals surface area contributed by atoms with Gasteiger partial charge in [-0.15, -0.1) is 11.3 Å². The molecule has 2 aliphatic rings. The summed E-state index contributed by atoms with van der Waals surface area (Å²) in [4.78, 5) is 20.9. The Morgan fingerprint density at radius 2 is 2.29 bits per heavy atom. The molecule has 1 saturated carbocycles. The zero-order chi connectivity index (χ0) is 16.5. The molecular weight excluding hydrogens is 320 g/mol. The zero-order valence-corrected chi connectivity index (χ0v) is 14.9. The van der Waals surface area contributed by atoms with Crippen LogP contribution in [0.15, 0.2) is 23.7 Å². The highest BCUT2D eigenvalue weighted by Crippen LogP contribution is 2.34. The van der Waals surface area contributed by atoms with Gasteiger partial charge in [0.05, 0.1) is 6.04 Å². The number of amides is 1. The van der Waals surface area contributed by atoms with Crippen LogP contribution in [0.5, 0.6) is 0 Å². The first-order chi connectivity index (χ1) is 11.7. The maximum absolute atomic E-state index is 12.4. The molecule has 2 aromatic rings. The highest BCUT2D eigenvalue weighted by atomic mass is 32.1. The normalized spacial score (nSPS) is 21.3. The van der Waals surface area contributed by atoms with Crippen molar-refractivity contribution in [3.63, 3.8) is 0 Å². The first-order valence-electron chi connectivity index (χ1n) is 8.86. The van der Waals surface area contributed by atoms with E-state index in [1.165, 1.54) is 24.1 Å². The molecule has 2 aromatic heterocycles. The van der Waals surface area contributed by atoms with Crippen LogP contribution in [0.4, 0.5) is 0 Å². The smallest absolute Gasteiger partial charge is 0.271 e. The van der Waals surface area contributed by atoms with Gasteiger partial charge in [-0.1, -0.05) is 12.5 Å². The monoisotopic (exact) mass is 344 g/mol. The Labute approximate surface area is 146 Å². The summed E-state index contributed by atoms with van der Waals surface area (Å²) in [5.74, 6) is 0.979. The molecule has 24 heavy (non-hydrogen) atoms. The van der Waals surface area contributed by atoms with Crippen LogP contribution in [0.3, 0.4) is 0 Å². The second kappa shape index (κ2) is 6.69. The number of carbonyl (C=O) groups excluding carboxylic acids is 1. The fourth-order valence-electron chi connectivity index (χ4n) is 3.68. The Hall–Kier alpha value is -1.66. The van der Waals surface area contributed by atoms with Crippen molar-refractivity contribution in [2.75, 3.05) is 13.1 Å². The maximum Gasteiger partial charge on any atom is 0.271 e. The molecule has 1 unspecified atom stereocenters. The lowest BCUT2D eigenvalue weighted by Gasteiger charge is -2.43. The lowest BCUT2D eigenvalue weighted by Crippen LogP contribution is -2.46. The van der Waals surface area contributed by atoms with E-state index in [9.17, 15) is 4.79 Å². The van der Waals surface area contributed by atoms with E-state index in [2.05, 4.69) is 38.1 Å². The fraction of sp³-hybridized carbons (Fsp3) is 0.556. The fourth-order valence-corrected chi connectivity index (χ4v) is 4.39. The van der Waals surface area contributed by atoms with Crippen LogP contribution in [-0.2, 0) is 13.0 Å². The minimum Gasteiger partial charge on any atom is -0.350 e. The van der Waals surface area contributed by atoms with Crippen LogP contribution in [0.25, 0.3) is 0 Å². The van der Waals surface area contributed by atoms with Crippen LogP contribution >= 0.6 is 11.3 Å². The molecule has 0 saturated heterocycles. The molecule has 1 atom stereocenters. The molecule has 1 fully saturated rings. The molecule has 0 bridgehead atoms. The third kappa shape index (κ3) is 3.00. The predicted molar refractivity (Wildman–Crippen MR) is 95.3 cm³/mol. The summed E-state index contributed by atoms with van der Waals surface area (Å²) < 4.78 is 2.16. The number of thiophene rings is 1. The number of hydrogen-bond donors (Lipinski definition) is 1. The van der Waals surface area contributed by atoms with E-state index in [1.54, 1.807) is 11.3 Å². The summed E-state index contributed by atoms with van der Waals surface area (Å²) >= 11 is 1.73. The van der Waals surface area contributed by atoms with Crippen LogP contribution < -0.4 is 5.32 Å². The summed E-state index contributed by atoms with van der Waals surface area (Å²) in [5.41, 5.74) is 0.554. The maximum atomic E-state index is 12.4. The van der Waals surface area contributed by atoms with Gasteiger partial charge >= 0.3 is 0 Å². The topological polar surface area (TPSA) is 50.2 Å². The Morgan fingerprint density at radius 3 is 3.00 bits per heavy atom. The molecular formula is C18H24N4OS. The Kier molecular flexibility index (Phi) is 4.41. The summed E-state index contributed by atoms with van der Waals surface area (Å²) in [5, 5.41) is 5.06. The van der Waals surface area contributed by atoms with Crippen molar-refractivity contribution < 1.29 is 4.79 Å². The van der Waals surface area contributed by atoms with Crippen LogP contribution in [0.2, 0.25) is 0 Å². The molecule has 1 N–H and O–H groups in total. The van der Waals surface area contributed by atoms with Crippen molar-refractivity contribution in [3.8, 4) is 0 Å². The van der Waals surface area contributed by atoms with Gasteiger partial charge in [0.1, 0.15) is 11.5 Å². The summed E-state index contributed by atoms with van der Waals surface area (Å²) in [7, 11) is 0. The van der Waals surface area contributed by atoms with Crippen molar-refractivity contribution in [2.24, 2.45) is 0 Å². The van der Waals surface area contributed by atoms with Gasteiger partial charge in [-0.2, -0.15) is 0 Å². The van der Waals surface area contributed by atoms with Gasteiger partial charge in [0.15, 0.2) is 0 Å². The third-order valence-electron chi connectivity index (χ3n) is 5.29. The van der Waals surface area contributed by atoms with Crippen molar-refractivity contribution in [3.05, 3.63) is 40.1 Å². The minimum absolute atomic E-state index is 0.0594. The molecule has 1 aliphatic heterocycles. The number of fused-ring (bicyclic) bond motifs is 1. The largest absolute Gasteiger partial charge is 0.350 e. The van der Waals surface area contributed by atoms with Crippen LogP contribution in [-0.4, -0.2) is 39.5 Å². The van der Waals surface area contributed by atoms with Crippen LogP contribution in [0, 0.1) is 0 Å². The van der Waals surface area contributed by atoms with Gasteiger partial charge in [0.25, 0.3) is 5.91 Å². The number of nitrogens with zero attached hydrogens (tertiary/aromatic N) is 3. The first-order valence-corrected chi connectivity index (χ1v) is 9.74. The Balaban J connectivity index is 1.39. The van der Waals surface area contributed by atoms with Gasteiger partial charge in [-0.05, 0) is 37.6 Å². The van der Waals surface area contributed by atoms with Gasteiger partial charge in [-0.25, -0.2) is 4.98 Å². The van der Waals surface area contributed by atoms with E-state index >= 15 is 0 Å². The van der Waals surface area contributed by atoms with E-state index < -0.39 is 0 Å². The average molecular weight is 344 g/mol. The SMILES string of the molecule is CC1c2nc(C(=O)NCCc3cccs3)cn2CCN1C1CCC1. The molecule has 4 rings (SSSR count). The van der Waals surface area contributed by atoms with E-state index in [0.29, 0.717) is 24.3 Å². The standard InChI is InChI=1S/C18H24N4OS/c1-13-17-20-16(18(23)19-8-7-15-6-3-11-24-15)12-21(17)9-10-22(13)14-4-2-5-14/h3,6,11-14H,2,4-5,7-10H2,1H3,(H,19,23). The molecule has 0 aromatic carbocycles. The molecule has 1 amide bonds. The number of imidazole rings is 1. The molecule has 5 nitrogen and oxygen atoms in total. The minimum atomic E-state index is -0.0594. The van der Waals surface area contributed by atoms with Crippen LogP contribution in [0.1, 0.15) is 53.4 Å². The van der Waals surface area contributed by atoms with Crippen molar-refractivity contribution in [1.82, 2.24) is 19.8 Å². The molecule has 1 aliphatic carbocycles. The van der Waals surface area contributed by atoms with E-state index in [-0.39, 0.29) is 5.91 Å². The average Bonchev–Trinajstić information content (AvgIpc) is 3.17. The number of rotatable bonds is 5. The highest BCUT2D eigenvalue weighted by Gasteiger charge is 2.34. The second-order valence-electron chi connectivity index (χ2n) is 6.76. The lowest BCUT2D eigenvalue weighted by atomic mass is 9.90. The van der Waals surface area contributed by atoms with Gasteiger partial charge in [0, 0.05) is 36.8 Å². The molecule has 128 valence electrons. The number of carbonyl (C=O) groups is 1. The van der Waals surface area contributed by atoms with E-state index in [1.807, 2.05) is 12.3 Å². The molecule has 6 heteroatoms. The first kappa shape index (κ1) is 15.8. The van der Waals surface area contributed by atoms with E-state index in [4.69, 9.17) is 0 Å². The quantitative estimate of drug-likeness (QED) is 0.907. The highest BCUT2D eigenvalue weighted by molar-refractivity contribution is 7.09. The second-order valence-corrected chi connectivity index (χ2v) is 7.79. The van der Waals surface area contributed by atoms with Gasteiger partial charge < -0.3 is 9.88 Å². The van der Waals surface area contributed by atoms with Crippen molar-refractivity contribution >= 4 is 17.2 Å². The summed E-state index contributed by atoms with van der Waals surface area (Å²) in [6.07, 6.45) is 6.76. The Bertz CT molecular complexity index is 705. The summed E-state index contributed by atoms with van der Waals surface area (Å²) in [6, 6.07) is 5.16. The molecule has 3 heterocycles. The molecule has 0 radical (unpaired) electrons. The molecule has 0 spiro atoms. The third-order valence-corrected chi connectivity index (χ3v) is 6.23. The number of nitrogens with one attached hydrogen (secondary N) is 1. The predicted octanol–water partition coefficient (Wildman–Crippen LogP) is 2.85.